The summed E-state index contributed by atoms with van der Waals surface area (Å²) in [6.07, 6.45) is 2.98. The maximum absolute atomic E-state index is 4.46. The molecule has 2 heterocycles. The van der Waals surface area contributed by atoms with Crippen LogP contribution in [0.1, 0.15) is 16.8 Å². The lowest BCUT2D eigenvalue weighted by molar-refractivity contribution is 0.378. The predicted molar refractivity (Wildman–Crippen MR) is 114 cm³/mol. The average Bonchev–Trinajstić information content (AvgIpc) is 2.96. The molecule has 136 valence electrons. The molecule has 2 aromatic rings. The third-order valence-electron chi connectivity index (χ3n) is 4.53. The third-order valence-corrected chi connectivity index (χ3v) is 4.53. The summed E-state index contributed by atoms with van der Waals surface area (Å²) in [7, 11) is 7.89. The van der Waals surface area contributed by atoms with Crippen LogP contribution >= 0.6 is 24.0 Å². The number of anilines is 1. The fourth-order valence-electron chi connectivity index (χ4n) is 3.19. The van der Waals surface area contributed by atoms with E-state index in [0.29, 0.717) is 6.54 Å². The van der Waals surface area contributed by atoms with Gasteiger partial charge in [0.1, 0.15) is 0 Å². The molecule has 0 amide bonds. The lowest BCUT2D eigenvalue weighted by atomic mass is 10.0. The SMILES string of the molecule is CN=C(NCc1cnc(N(C)C)n1C)N1CCc2ccccc2C1.I. The first-order chi connectivity index (χ1) is 11.6. The summed E-state index contributed by atoms with van der Waals surface area (Å²) in [6.45, 7) is 2.61. The zero-order valence-electron chi connectivity index (χ0n) is 15.4. The average molecular weight is 454 g/mol. The van der Waals surface area contributed by atoms with E-state index >= 15 is 0 Å². The van der Waals surface area contributed by atoms with Gasteiger partial charge in [-0.05, 0) is 17.5 Å². The number of aliphatic imine (C=N–C) groups is 1. The first-order valence-corrected chi connectivity index (χ1v) is 8.30. The second-order valence-electron chi connectivity index (χ2n) is 6.34. The Morgan fingerprint density at radius 3 is 2.64 bits per heavy atom. The van der Waals surface area contributed by atoms with E-state index in [9.17, 15) is 0 Å². The van der Waals surface area contributed by atoms with Crippen molar-refractivity contribution in [2.45, 2.75) is 19.5 Å². The number of guanidine groups is 1. The monoisotopic (exact) mass is 454 g/mol. The first-order valence-electron chi connectivity index (χ1n) is 8.30. The van der Waals surface area contributed by atoms with Gasteiger partial charge >= 0.3 is 0 Å². The molecule has 3 rings (SSSR count). The van der Waals surface area contributed by atoms with E-state index in [4.69, 9.17) is 0 Å². The number of nitrogens with one attached hydrogen (secondary N) is 1. The number of benzene rings is 1. The number of rotatable bonds is 3. The standard InChI is InChI=1S/C18H26N6.HI/c1-19-17(20-11-16-12-21-18(22(2)3)23(16)4)24-10-9-14-7-5-6-8-15(14)13-24;/h5-8,12H,9-11,13H2,1-4H3,(H,19,20);1H. The minimum atomic E-state index is 0. The van der Waals surface area contributed by atoms with E-state index in [1.807, 2.05) is 39.3 Å². The van der Waals surface area contributed by atoms with Crippen LogP contribution < -0.4 is 10.2 Å². The van der Waals surface area contributed by atoms with Gasteiger partial charge in [0.2, 0.25) is 5.95 Å². The number of halogens is 1. The third kappa shape index (κ3) is 4.26. The normalized spacial score (nSPS) is 13.9. The highest BCUT2D eigenvalue weighted by molar-refractivity contribution is 14.0. The van der Waals surface area contributed by atoms with Gasteiger partial charge in [-0.2, -0.15) is 0 Å². The molecule has 0 radical (unpaired) electrons. The Bertz CT molecular complexity index is 737. The minimum absolute atomic E-state index is 0. The van der Waals surface area contributed by atoms with Crippen molar-refractivity contribution in [3.8, 4) is 0 Å². The first kappa shape index (κ1) is 19.6. The minimum Gasteiger partial charge on any atom is -0.351 e. The number of aromatic nitrogens is 2. The maximum Gasteiger partial charge on any atom is 0.204 e. The number of nitrogens with zero attached hydrogens (tertiary/aromatic N) is 5. The highest BCUT2D eigenvalue weighted by atomic mass is 127. The molecule has 6 nitrogen and oxygen atoms in total. The topological polar surface area (TPSA) is 48.7 Å². The van der Waals surface area contributed by atoms with E-state index in [1.165, 1.54) is 11.1 Å². The van der Waals surface area contributed by atoms with E-state index in [1.54, 1.807) is 0 Å². The predicted octanol–water partition coefficient (Wildman–Crippen LogP) is 2.24. The molecular weight excluding hydrogens is 427 g/mol. The fraction of sp³-hybridized carbons (Fsp3) is 0.444. The molecule has 7 heteroatoms. The van der Waals surface area contributed by atoms with Crippen LogP contribution in [-0.2, 0) is 26.6 Å². The molecule has 0 fully saturated rings. The van der Waals surface area contributed by atoms with Crippen molar-refractivity contribution in [2.75, 3.05) is 32.6 Å². The molecule has 1 N–H and O–H groups in total. The Balaban J connectivity index is 0.00000225. The van der Waals surface area contributed by atoms with Crippen molar-refractivity contribution >= 4 is 35.9 Å². The Kier molecular flexibility index (Phi) is 6.69. The molecule has 1 aromatic heterocycles. The van der Waals surface area contributed by atoms with Gasteiger partial charge < -0.3 is 19.7 Å². The smallest absolute Gasteiger partial charge is 0.204 e. The van der Waals surface area contributed by atoms with Crippen LogP contribution in [0.3, 0.4) is 0 Å². The van der Waals surface area contributed by atoms with Crippen LogP contribution in [0.2, 0.25) is 0 Å². The van der Waals surface area contributed by atoms with Crippen molar-refractivity contribution in [1.29, 1.82) is 0 Å². The van der Waals surface area contributed by atoms with Crippen LogP contribution in [0.15, 0.2) is 35.5 Å². The van der Waals surface area contributed by atoms with E-state index in [2.05, 4.69) is 49.0 Å². The lowest BCUT2D eigenvalue weighted by Gasteiger charge is -2.31. The van der Waals surface area contributed by atoms with Gasteiger partial charge in [0, 0.05) is 41.3 Å². The fourth-order valence-corrected chi connectivity index (χ4v) is 3.19. The number of fused-ring (bicyclic) bond motifs is 1. The van der Waals surface area contributed by atoms with Gasteiger partial charge in [0.05, 0.1) is 18.4 Å². The zero-order valence-corrected chi connectivity index (χ0v) is 17.7. The van der Waals surface area contributed by atoms with E-state index in [0.717, 1.165) is 37.1 Å². The summed E-state index contributed by atoms with van der Waals surface area (Å²) in [5.41, 5.74) is 3.98. The van der Waals surface area contributed by atoms with Gasteiger partial charge in [-0.15, -0.1) is 24.0 Å². The van der Waals surface area contributed by atoms with Crippen LogP contribution in [-0.4, -0.2) is 48.1 Å². The summed E-state index contributed by atoms with van der Waals surface area (Å²) in [4.78, 5) is 13.2. The second-order valence-corrected chi connectivity index (χ2v) is 6.34. The van der Waals surface area contributed by atoms with Gasteiger partial charge in [0.25, 0.3) is 0 Å². The maximum atomic E-state index is 4.46. The summed E-state index contributed by atoms with van der Waals surface area (Å²) in [5, 5.41) is 3.48. The summed E-state index contributed by atoms with van der Waals surface area (Å²) in [6, 6.07) is 8.66. The Morgan fingerprint density at radius 1 is 1.28 bits per heavy atom. The highest BCUT2D eigenvalue weighted by Gasteiger charge is 2.19. The lowest BCUT2D eigenvalue weighted by Crippen LogP contribution is -2.43. The van der Waals surface area contributed by atoms with Gasteiger partial charge in [0.15, 0.2) is 5.96 Å². The van der Waals surface area contributed by atoms with Crippen molar-refractivity contribution in [3.63, 3.8) is 0 Å². The summed E-state index contributed by atoms with van der Waals surface area (Å²) < 4.78 is 2.10. The molecule has 0 aliphatic carbocycles. The van der Waals surface area contributed by atoms with Crippen molar-refractivity contribution in [2.24, 2.45) is 12.0 Å². The largest absolute Gasteiger partial charge is 0.351 e. The van der Waals surface area contributed by atoms with Gasteiger partial charge in [-0.3, -0.25) is 4.99 Å². The quantitative estimate of drug-likeness (QED) is 0.439. The van der Waals surface area contributed by atoms with E-state index in [-0.39, 0.29) is 24.0 Å². The van der Waals surface area contributed by atoms with Gasteiger partial charge in [-0.1, -0.05) is 24.3 Å². The molecule has 0 unspecified atom stereocenters. The molecule has 0 bridgehead atoms. The molecular formula is C18H27IN6. The summed E-state index contributed by atoms with van der Waals surface area (Å²) >= 11 is 0. The van der Waals surface area contributed by atoms with E-state index < -0.39 is 0 Å². The highest BCUT2D eigenvalue weighted by Crippen LogP contribution is 2.18. The van der Waals surface area contributed by atoms with Crippen LogP contribution in [0.5, 0.6) is 0 Å². The molecule has 1 aliphatic rings. The molecule has 0 atom stereocenters. The molecule has 1 aromatic carbocycles. The Hall–Kier alpha value is -1.77. The molecule has 0 saturated carbocycles. The van der Waals surface area contributed by atoms with Crippen LogP contribution in [0, 0.1) is 0 Å². The van der Waals surface area contributed by atoms with Gasteiger partial charge in [-0.25, -0.2) is 4.98 Å². The molecule has 1 aliphatic heterocycles. The van der Waals surface area contributed by atoms with Crippen LogP contribution in [0.4, 0.5) is 5.95 Å². The second kappa shape index (κ2) is 8.55. The van der Waals surface area contributed by atoms with Crippen molar-refractivity contribution < 1.29 is 0 Å². The zero-order chi connectivity index (χ0) is 17.1. The summed E-state index contributed by atoms with van der Waals surface area (Å²) in [5.74, 6) is 1.89. The number of hydrogen-bond donors (Lipinski definition) is 1. The molecule has 0 spiro atoms. The number of hydrogen-bond acceptors (Lipinski definition) is 3. The van der Waals surface area contributed by atoms with Crippen molar-refractivity contribution in [1.82, 2.24) is 19.8 Å². The number of imidazole rings is 1. The molecule has 0 saturated heterocycles. The Morgan fingerprint density at radius 2 is 2.00 bits per heavy atom. The Labute approximate surface area is 167 Å². The van der Waals surface area contributed by atoms with Crippen molar-refractivity contribution in [3.05, 3.63) is 47.3 Å². The molecule has 25 heavy (non-hydrogen) atoms. The van der Waals surface area contributed by atoms with Crippen LogP contribution in [0.25, 0.3) is 0 Å².